The number of aromatic nitrogens is 1. The number of carbonyl (C=O) groups excluding carboxylic acids is 1. The van der Waals surface area contributed by atoms with Crippen LogP contribution in [0.3, 0.4) is 0 Å². The summed E-state index contributed by atoms with van der Waals surface area (Å²) in [6, 6.07) is 14.3. The van der Waals surface area contributed by atoms with Crippen LogP contribution in [-0.2, 0) is 11.2 Å². The van der Waals surface area contributed by atoms with E-state index in [0.29, 0.717) is 17.5 Å². The molecule has 5 heteroatoms. The van der Waals surface area contributed by atoms with Crippen molar-refractivity contribution in [1.29, 1.82) is 0 Å². The quantitative estimate of drug-likeness (QED) is 0.748. The lowest BCUT2D eigenvalue weighted by atomic mass is 9.97. The molecule has 1 fully saturated rings. The van der Waals surface area contributed by atoms with Crippen LogP contribution in [-0.4, -0.2) is 24.0 Å². The van der Waals surface area contributed by atoms with Crippen molar-refractivity contribution < 1.29 is 4.79 Å². The third-order valence-electron chi connectivity index (χ3n) is 4.74. The first-order valence-corrected chi connectivity index (χ1v) is 9.54. The molecule has 3 aromatic rings. The molecular weight excluding hydrogens is 330 g/mol. The van der Waals surface area contributed by atoms with E-state index in [4.69, 9.17) is 0 Å². The third-order valence-corrected chi connectivity index (χ3v) is 5.82. The minimum atomic E-state index is -0.0115. The first-order valence-electron chi connectivity index (χ1n) is 8.72. The summed E-state index contributed by atoms with van der Waals surface area (Å²) in [5, 5.41) is 9.35. The van der Waals surface area contributed by atoms with Gasteiger partial charge in [-0.05, 0) is 48.2 Å². The van der Waals surface area contributed by atoms with Gasteiger partial charge in [-0.3, -0.25) is 4.79 Å². The normalized spacial score (nSPS) is 15.4. The minimum Gasteiger partial charge on any atom is -0.317 e. The molecule has 4 rings (SSSR count). The first kappa shape index (κ1) is 16.2. The second-order valence-electron chi connectivity index (χ2n) is 6.46. The number of hydrogen-bond donors (Lipinski definition) is 2. The highest BCUT2D eigenvalue weighted by molar-refractivity contribution is 7.15. The molecule has 0 unspecified atom stereocenters. The Morgan fingerprint density at radius 2 is 1.96 bits per heavy atom. The average molecular weight is 351 g/mol. The molecule has 0 bridgehead atoms. The Morgan fingerprint density at radius 1 is 1.16 bits per heavy atom. The van der Waals surface area contributed by atoms with Crippen LogP contribution in [0.2, 0.25) is 0 Å². The van der Waals surface area contributed by atoms with Gasteiger partial charge in [0.2, 0.25) is 5.91 Å². The number of piperidine rings is 1. The van der Waals surface area contributed by atoms with Gasteiger partial charge in [0.25, 0.3) is 0 Å². The number of hydrogen-bond acceptors (Lipinski definition) is 4. The number of nitrogens with zero attached hydrogens (tertiary/aromatic N) is 1. The topological polar surface area (TPSA) is 54.0 Å². The molecule has 2 N–H and O–H groups in total. The second kappa shape index (κ2) is 7.33. The summed E-state index contributed by atoms with van der Waals surface area (Å²) in [6.45, 7) is 2.12. The van der Waals surface area contributed by atoms with E-state index in [-0.39, 0.29) is 5.91 Å². The molecule has 128 valence electrons. The van der Waals surface area contributed by atoms with Crippen LogP contribution in [0.5, 0.6) is 0 Å². The van der Waals surface area contributed by atoms with Gasteiger partial charge in [0, 0.05) is 11.1 Å². The van der Waals surface area contributed by atoms with Gasteiger partial charge >= 0.3 is 0 Å². The summed E-state index contributed by atoms with van der Waals surface area (Å²) in [5.74, 6) is 0.560. The predicted octanol–water partition coefficient (Wildman–Crippen LogP) is 3.94. The number of anilines is 1. The predicted molar refractivity (Wildman–Crippen MR) is 103 cm³/mol. The van der Waals surface area contributed by atoms with Gasteiger partial charge in [0.05, 0.1) is 6.42 Å². The molecule has 1 amide bonds. The van der Waals surface area contributed by atoms with Crippen molar-refractivity contribution in [3.8, 4) is 0 Å². The van der Waals surface area contributed by atoms with Crippen LogP contribution in [0.1, 0.15) is 29.2 Å². The number of fused-ring (bicyclic) bond motifs is 1. The zero-order chi connectivity index (χ0) is 17.1. The first-order chi connectivity index (χ1) is 12.3. The van der Waals surface area contributed by atoms with Gasteiger partial charge in [0.1, 0.15) is 0 Å². The zero-order valence-corrected chi connectivity index (χ0v) is 14.8. The maximum absolute atomic E-state index is 12.5. The van der Waals surface area contributed by atoms with Crippen molar-refractivity contribution in [2.75, 3.05) is 18.4 Å². The van der Waals surface area contributed by atoms with Crippen LogP contribution in [0, 0.1) is 0 Å². The molecule has 0 aliphatic carbocycles. The molecule has 0 spiro atoms. The summed E-state index contributed by atoms with van der Waals surface area (Å²) in [4.78, 5) is 18.1. The zero-order valence-electron chi connectivity index (χ0n) is 14.0. The van der Waals surface area contributed by atoms with E-state index in [0.717, 1.165) is 42.3 Å². The average Bonchev–Trinajstić information content (AvgIpc) is 3.11. The van der Waals surface area contributed by atoms with Crippen molar-refractivity contribution in [2.24, 2.45) is 0 Å². The molecule has 1 saturated heterocycles. The van der Waals surface area contributed by atoms with Gasteiger partial charge in [-0.1, -0.05) is 42.5 Å². The van der Waals surface area contributed by atoms with Crippen molar-refractivity contribution >= 4 is 33.1 Å². The largest absolute Gasteiger partial charge is 0.317 e. The molecule has 4 nitrogen and oxygen atoms in total. The maximum Gasteiger partial charge on any atom is 0.230 e. The summed E-state index contributed by atoms with van der Waals surface area (Å²) in [5.41, 5.74) is 1.05. The van der Waals surface area contributed by atoms with Crippen molar-refractivity contribution in [2.45, 2.75) is 25.2 Å². The fraction of sp³-hybridized carbons (Fsp3) is 0.300. The SMILES string of the molecule is O=C(Cc1cccc2ccccc12)Nc1ncc(C2CCNCC2)s1. The third kappa shape index (κ3) is 3.72. The lowest BCUT2D eigenvalue weighted by Gasteiger charge is -2.20. The Kier molecular flexibility index (Phi) is 4.76. The smallest absolute Gasteiger partial charge is 0.230 e. The minimum absolute atomic E-state index is 0.0115. The number of thiazole rings is 1. The Bertz CT molecular complexity index is 878. The van der Waals surface area contributed by atoms with E-state index >= 15 is 0 Å². The highest BCUT2D eigenvalue weighted by atomic mass is 32.1. The molecule has 2 aromatic carbocycles. The highest BCUT2D eigenvalue weighted by Gasteiger charge is 2.18. The van der Waals surface area contributed by atoms with Crippen molar-refractivity contribution in [1.82, 2.24) is 10.3 Å². The van der Waals surface area contributed by atoms with E-state index in [1.54, 1.807) is 11.3 Å². The monoisotopic (exact) mass is 351 g/mol. The van der Waals surface area contributed by atoms with E-state index in [1.165, 1.54) is 4.88 Å². The summed E-state index contributed by atoms with van der Waals surface area (Å²) in [7, 11) is 0. The van der Waals surface area contributed by atoms with Gasteiger partial charge in [0.15, 0.2) is 5.13 Å². The second-order valence-corrected chi connectivity index (χ2v) is 7.52. The standard InChI is InChI=1S/C20H21N3OS/c24-19(12-16-6-3-5-14-4-1-2-7-17(14)16)23-20-22-13-18(25-20)15-8-10-21-11-9-15/h1-7,13,15,21H,8-12H2,(H,22,23,24). The number of amides is 1. The molecule has 0 radical (unpaired) electrons. The highest BCUT2D eigenvalue weighted by Crippen LogP contribution is 2.31. The molecule has 2 heterocycles. The van der Waals surface area contributed by atoms with E-state index in [1.807, 2.05) is 30.5 Å². The number of nitrogens with one attached hydrogen (secondary N) is 2. The van der Waals surface area contributed by atoms with Gasteiger partial charge < -0.3 is 10.6 Å². The lowest BCUT2D eigenvalue weighted by molar-refractivity contribution is -0.115. The maximum atomic E-state index is 12.5. The van der Waals surface area contributed by atoms with E-state index < -0.39 is 0 Å². The number of rotatable bonds is 4. The van der Waals surface area contributed by atoms with E-state index in [2.05, 4.69) is 33.8 Å². The van der Waals surface area contributed by atoms with Gasteiger partial charge in [-0.2, -0.15) is 0 Å². The van der Waals surface area contributed by atoms with Gasteiger partial charge in [-0.25, -0.2) is 4.98 Å². The number of benzene rings is 2. The molecule has 0 saturated carbocycles. The van der Waals surface area contributed by atoms with Crippen LogP contribution >= 0.6 is 11.3 Å². The van der Waals surface area contributed by atoms with Crippen LogP contribution in [0.15, 0.2) is 48.7 Å². The molecule has 1 aromatic heterocycles. The summed E-state index contributed by atoms with van der Waals surface area (Å²) in [6.07, 6.45) is 4.58. The molecule has 1 aliphatic heterocycles. The van der Waals surface area contributed by atoms with Crippen LogP contribution in [0.4, 0.5) is 5.13 Å². The molecule has 25 heavy (non-hydrogen) atoms. The number of carbonyl (C=O) groups is 1. The Balaban J connectivity index is 1.44. The Hall–Kier alpha value is -2.24. The van der Waals surface area contributed by atoms with Crippen LogP contribution < -0.4 is 10.6 Å². The Morgan fingerprint density at radius 3 is 2.84 bits per heavy atom. The Labute approximate surface area is 151 Å². The molecule has 1 aliphatic rings. The molecular formula is C20H21N3OS. The fourth-order valence-corrected chi connectivity index (χ4v) is 4.42. The lowest BCUT2D eigenvalue weighted by Crippen LogP contribution is -2.26. The summed E-state index contributed by atoms with van der Waals surface area (Å²) < 4.78 is 0. The van der Waals surface area contributed by atoms with Crippen molar-refractivity contribution in [3.63, 3.8) is 0 Å². The van der Waals surface area contributed by atoms with Crippen molar-refractivity contribution in [3.05, 3.63) is 59.1 Å². The van der Waals surface area contributed by atoms with E-state index in [9.17, 15) is 4.79 Å². The molecule has 0 atom stereocenters. The summed E-state index contributed by atoms with van der Waals surface area (Å²) >= 11 is 1.61. The fourth-order valence-electron chi connectivity index (χ4n) is 3.42. The van der Waals surface area contributed by atoms with Gasteiger partial charge in [-0.15, -0.1) is 11.3 Å². The van der Waals surface area contributed by atoms with Crippen LogP contribution in [0.25, 0.3) is 10.8 Å².